The van der Waals surface area contributed by atoms with Gasteiger partial charge in [-0.05, 0) is 72.4 Å². The first kappa shape index (κ1) is 27.7. The highest BCUT2D eigenvalue weighted by atomic mass is 16.6. The maximum atomic E-state index is 13.9. The molecule has 10 nitrogen and oxygen atoms in total. The SMILES string of the molecule is COc1ccc(/C=C2\CCC[C@H]3C2=NN(C(=O)c2cccc([N+](=O)[O-])c2)[C@H]3c2ccc(OC)c(OC)c2)cc1OC. The van der Waals surface area contributed by atoms with Crippen LogP contribution in [0.5, 0.6) is 23.0 Å². The molecule has 1 aliphatic carbocycles. The molecule has 0 aromatic heterocycles. The van der Waals surface area contributed by atoms with Crippen molar-refractivity contribution in [2.75, 3.05) is 28.4 Å². The van der Waals surface area contributed by atoms with Crippen LogP contribution in [-0.2, 0) is 0 Å². The highest BCUT2D eigenvalue weighted by Gasteiger charge is 2.44. The van der Waals surface area contributed by atoms with E-state index in [1.54, 1.807) is 34.5 Å². The van der Waals surface area contributed by atoms with Crippen LogP contribution in [-0.4, -0.2) is 50.0 Å². The first-order chi connectivity index (χ1) is 19.9. The Morgan fingerprint density at radius 1 is 0.927 bits per heavy atom. The molecular weight excluding hydrogens is 526 g/mol. The van der Waals surface area contributed by atoms with Crippen molar-refractivity contribution in [2.45, 2.75) is 25.3 Å². The largest absolute Gasteiger partial charge is 0.493 e. The van der Waals surface area contributed by atoms with E-state index in [4.69, 9.17) is 24.0 Å². The zero-order chi connectivity index (χ0) is 29.1. The van der Waals surface area contributed by atoms with E-state index >= 15 is 0 Å². The molecule has 1 saturated carbocycles. The van der Waals surface area contributed by atoms with E-state index in [0.717, 1.165) is 41.7 Å². The van der Waals surface area contributed by atoms with Crippen LogP contribution in [0, 0.1) is 16.0 Å². The molecule has 10 heteroatoms. The van der Waals surface area contributed by atoms with E-state index < -0.39 is 16.9 Å². The Morgan fingerprint density at radius 3 is 2.29 bits per heavy atom. The molecule has 1 aliphatic heterocycles. The van der Waals surface area contributed by atoms with Crippen molar-refractivity contribution in [2.24, 2.45) is 11.0 Å². The summed E-state index contributed by atoms with van der Waals surface area (Å²) in [5.74, 6) is 1.87. The van der Waals surface area contributed by atoms with Crippen molar-refractivity contribution in [1.29, 1.82) is 0 Å². The van der Waals surface area contributed by atoms with Crippen molar-refractivity contribution in [3.63, 3.8) is 0 Å². The zero-order valence-corrected chi connectivity index (χ0v) is 23.3. The molecule has 0 bridgehead atoms. The summed E-state index contributed by atoms with van der Waals surface area (Å²) in [6.45, 7) is 0. The molecule has 0 radical (unpaired) electrons. The summed E-state index contributed by atoms with van der Waals surface area (Å²) in [7, 11) is 6.32. The van der Waals surface area contributed by atoms with Crippen LogP contribution in [0.2, 0.25) is 0 Å². The van der Waals surface area contributed by atoms with Crippen molar-refractivity contribution < 1.29 is 28.7 Å². The van der Waals surface area contributed by atoms with Gasteiger partial charge in [-0.15, -0.1) is 0 Å². The smallest absolute Gasteiger partial charge is 0.274 e. The third-order valence-electron chi connectivity index (χ3n) is 7.51. The number of hydrogen-bond donors (Lipinski definition) is 0. The molecule has 5 rings (SSSR count). The van der Waals surface area contributed by atoms with Gasteiger partial charge >= 0.3 is 0 Å². The summed E-state index contributed by atoms with van der Waals surface area (Å²) in [4.78, 5) is 24.8. The van der Waals surface area contributed by atoms with Gasteiger partial charge in [0, 0.05) is 23.6 Å². The normalized spacial score (nSPS) is 18.9. The van der Waals surface area contributed by atoms with E-state index in [2.05, 4.69) is 6.08 Å². The van der Waals surface area contributed by atoms with Gasteiger partial charge in [-0.3, -0.25) is 14.9 Å². The molecule has 2 aliphatic rings. The van der Waals surface area contributed by atoms with Gasteiger partial charge in [0.1, 0.15) is 0 Å². The quantitative estimate of drug-likeness (QED) is 0.244. The van der Waals surface area contributed by atoms with Crippen LogP contribution in [0.3, 0.4) is 0 Å². The molecule has 0 unspecified atom stereocenters. The highest BCUT2D eigenvalue weighted by Crippen LogP contribution is 2.46. The van der Waals surface area contributed by atoms with E-state index in [9.17, 15) is 14.9 Å². The maximum absolute atomic E-state index is 13.9. The summed E-state index contributed by atoms with van der Waals surface area (Å²) in [5, 5.41) is 17.8. The molecule has 3 aromatic rings. The number of carbonyl (C=O) groups excluding carboxylic acids is 1. The third kappa shape index (κ3) is 5.32. The Balaban J connectivity index is 1.60. The predicted molar refractivity (Wildman–Crippen MR) is 154 cm³/mol. The number of nitro benzene ring substituents is 1. The number of rotatable bonds is 8. The van der Waals surface area contributed by atoms with Gasteiger partial charge in [0.25, 0.3) is 11.6 Å². The number of fused-ring (bicyclic) bond motifs is 1. The average molecular weight is 558 g/mol. The molecule has 2 atom stereocenters. The molecule has 1 heterocycles. The highest BCUT2D eigenvalue weighted by molar-refractivity contribution is 6.09. The van der Waals surface area contributed by atoms with Crippen LogP contribution in [0.25, 0.3) is 6.08 Å². The number of amides is 1. The first-order valence-corrected chi connectivity index (χ1v) is 13.2. The lowest BCUT2D eigenvalue weighted by Crippen LogP contribution is -2.32. The van der Waals surface area contributed by atoms with E-state index in [1.165, 1.54) is 23.2 Å². The first-order valence-electron chi connectivity index (χ1n) is 13.2. The number of non-ortho nitro benzene ring substituents is 1. The van der Waals surface area contributed by atoms with Gasteiger partial charge in [-0.25, -0.2) is 5.01 Å². The minimum atomic E-state index is -0.512. The lowest BCUT2D eigenvalue weighted by molar-refractivity contribution is -0.384. The minimum Gasteiger partial charge on any atom is -0.493 e. The summed E-state index contributed by atoms with van der Waals surface area (Å²) < 4.78 is 21.9. The third-order valence-corrected chi connectivity index (χ3v) is 7.51. The van der Waals surface area contributed by atoms with Crippen molar-refractivity contribution >= 4 is 23.4 Å². The van der Waals surface area contributed by atoms with Crippen LogP contribution < -0.4 is 18.9 Å². The Hall–Kier alpha value is -4.86. The minimum absolute atomic E-state index is 0.0871. The predicted octanol–water partition coefficient (Wildman–Crippen LogP) is 6.07. The second-order valence-electron chi connectivity index (χ2n) is 9.78. The summed E-state index contributed by atoms with van der Waals surface area (Å²) in [6, 6.07) is 16.6. The summed E-state index contributed by atoms with van der Waals surface area (Å²) in [5.41, 5.74) is 3.64. The van der Waals surface area contributed by atoms with E-state index in [1.807, 2.05) is 36.4 Å². The Morgan fingerprint density at radius 2 is 1.61 bits per heavy atom. The topological polar surface area (TPSA) is 113 Å². The van der Waals surface area contributed by atoms with Gasteiger partial charge in [0.05, 0.1) is 45.1 Å². The lowest BCUT2D eigenvalue weighted by atomic mass is 9.77. The molecule has 1 fully saturated rings. The fourth-order valence-corrected chi connectivity index (χ4v) is 5.57. The number of allylic oxidation sites excluding steroid dienone is 1. The molecule has 0 N–H and O–H groups in total. The van der Waals surface area contributed by atoms with E-state index in [-0.39, 0.29) is 17.2 Å². The van der Waals surface area contributed by atoms with Crippen molar-refractivity contribution in [3.05, 3.63) is 93.0 Å². The van der Waals surface area contributed by atoms with Gasteiger partial charge in [-0.1, -0.05) is 18.2 Å². The van der Waals surface area contributed by atoms with Crippen molar-refractivity contribution in [1.82, 2.24) is 5.01 Å². The zero-order valence-electron chi connectivity index (χ0n) is 23.3. The molecule has 0 saturated heterocycles. The Labute approximate surface area is 237 Å². The monoisotopic (exact) mass is 557 g/mol. The number of ether oxygens (including phenoxy) is 4. The van der Waals surface area contributed by atoms with Gasteiger partial charge in [0.15, 0.2) is 23.0 Å². The summed E-state index contributed by atoms with van der Waals surface area (Å²) in [6.07, 6.45) is 4.59. The fraction of sp³-hybridized carbons (Fsp3) is 0.290. The molecule has 41 heavy (non-hydrogen) atoms. The summed E-state index contributed by atoms with van der Waals surface area (Å²) >= 11 is 0. The van der Waals surface area contributed by atoms with Gasteiger partial charge in [0.2, 0.25) is 0 Å². The number of nitro groups is 1. The maximum Gasteiger partial charge on any atom is 0.274 e. The number of methoxy groups -OCH3 is 4. The standard InChI is InChI=1S/C31H31N3O7/c1-38-25-13-11-19(16-27(25)40-3)15-20-7-6-10-24-29(20)32-33(31(35)22-8-5-9-23(17-22)34(36)37)30(24)21-12-14-26(39-2)28(18-21)41-4/h5,8-9,11-18,24,30H,6-7,10H2,1-4H3/b20-15+/t24-,30-/m0/s1. The molecule has 0 spiro atoms. The number of hydrazone groups is 1. The van der Waals surface area contributed by atoms with Crippen LogP contribution in [0.15, 0.2) is 71.3 Å². The van der Waals surface area contributed by atoms with Crippen LogP contribution in [0.4, 0.5) is 5.69 Å². The number of hydrogen-bond acceptors (Lipinski definition) is 8. The molecule has 212 valence electrons. The number of nitrogens with zero attached hydrogens (tertiary/aromatic N) is 3. The molecule has 1 amide bonds. The second kappa shape index (κ2) is 11.7. The number of carbonyl (C=O) groups is 1. The van der Waals surface area contributed by atoms with Gasteiger partial charge < -0.3 is 18.9 Å². The van der Waals surface area contributed by atoms with Crippen LogP contribution in [0.1, 0.15) is 46.8 Å². The van der Waals surface area contributed by atoms with Gasteiger partial charge in [-0.2, -0.15) is 5.10 Å². The fourth-order valence-electron chi connectivity index (χ4n) is 5.57. The molecular formula is C31H31N3O7. The Kier molecular flexibility index (Phi) is 7.91. The molecule has 3 aromatic carbocycles. The Bertz CT molecular complexity index is 1550. The van der Waals surface area contributed by atoms with Crippen molar-refractivity contribution in [3.8, 4) is 23.0 Å². The second-order valence-corrected chi connectivity index (χ2v) is 9.78. The average Bonchev–Trinajstić information content (AvgIpc) is 3.40. The van der Waals surface area contributed by atoms with E-state index in [0.29, 0.717) is 23.0 Å². The van der Waals surface area contributed by atoms with Crippen LogP contribution >= 0.6 is 0 Å². The number of benzene rings is 3. The lowest BCUT2D eigenvalue weighted by Gasteiger charge is -2.30.